The monoisotopic (exact) mass is 464 g/mol. The lowest BCUT2D eigenvalue weighted by Crippen LogP contribution is -2.29. The first-order chi connectivity index (χ1) is 16.1. The van der Waals surface area contributed by atoms with Crippen LogP contribution in [-0.4, -0.2) is 35.7 Å². The van der Waals surface area contributed by atoms with E-state index < -0.39 is 5.97 Å². The lowest BCUT2D eigenvalue weighted by Gasteiger charge is -2.29. The highest BCUT2D eigenvalue weighted by Crippen LogP contribution is 2.41. The van der Waals surface area contributed by atoms with Gasteiger partial charge in [0.15, 0.2) is 5.58 Å². The Morgan fingerprint density at radius 2 is 2.15 bits per heavy atom. The summed E-state index contributed by atoms with van der Waals surface area (Å²) < 4.78 is 6.14. The van der Waals surface area contributed by atoms with E-state index in [1.165, 1.54) is 6.42 Å². The number of oxazole rings is 1. The first kappa shape index (κ1) is 21.7. The van der Waals surface area contributed by atoms with E-state index in [1.807, 2.05) is 24.3 Å². The highest BCUT2D eigenvalue weighted by Gasteiger charge is 2.29. The summed E-state index contributed by atoms with van der Waals surface area (Å²) in [5.74, 6) is -0.428. The number of anilines is 1. The lowest BCUT2D eigenvalue weighted by molar-refractivity contribution is -0.136. The second kappa shape index (κ2) is 9.05. The molecule has 2 aliphatic rings. The molecule has 0 unspecified atom stereocenters. The summed E-state index contributed by atoms with van der Waals surface area (Å²) in [5.41, 5.74) is 5.26. The zero-order valence-electron chi connectivity index (χ0n) is 18.2. The van der Waals surface area contributed by atoms with Crippen LogP contribution in [0.2, 0.25) is 5.02 Å². The van der Waals surface area contributed by atoms with Gasteiger partial charge in [-0.2, -0.15) is 5.26 Å². The van der Waals surface area contributed by atoms with Gasteiger partial charge in [-0.15, -0.1) is 0 Å². The molecule has 2 aromatic carbocycles. The molecule has 3 aromatic rings. The maximum atomic E-state index is 10.9. The Kier molecular flexibility index (Phi) is 5.96. The van der Waals surface area contributed by atoms with E-state index in [4.69, 9.17) is 26.1 Å². The molecule has 1 aliphatic heterocycles. The normalized spacial score (nSPS) is 17.8. The van der Waals surface area contributed by atoms with Crippen molar-refractivity contribution in [3.63, 3.8) is 0 Å². The molecule has 2 heterocycles. The number of hydrogen-bond donors (Lipinski definition) is 2. The first-order valence-corrected chi connectivity index (χ1v) is 11.8. The molecule has 0 saturated carbocycles. The predicted molar refractivity (Wildman–Crippen MR) is 127 cm³/mol. The van der Waals surface area contributed by atoms with Crippen molar-refractivity contribution in [1.82, 2.24) is 10.3 Å². The fourth-order valence-electron chi connectivity index (χ4n) is 5.01. The molecule has 0 spiro atoms. The Balaban J connectivity index is 1.52. The van der Waals surface area contributed by atoms with Gasteiger partial charge in [-0.1, -0.05) is 17.7 Å². The van der Waals surface area contributed by atoms with Gasteiger partial charge in [-0.05, 0) is 61.4 Å². The Bertz CT molecular complexity index is 1260. The zero-order chi connectivity index (χ0) is 22.9. The van der Waals surface area contributed by atoms with E-state index in [2.05, 4.69) is 16.3 Å². The van der Waals surface area contributed by atoms with Crippen LogP contribution in [0.4, 0.5) is 5.69 Å². The number of carboxylic acids is 1. The van der Waals surface area contributed by atoms with Gasteiger partial charge in [-0.3, -0.25) is 4.79 Å². The van der Waals surface area contributed by atoms with Crippen LogP contribution in [0.15, 0.2) is 28.7 Å². The quantitative estimate of drug-likeness (QED) is 0.525. The minimum absolute atomic E-state index is 0.00187. The molecule has 5 rings (SSSR count). The predicted octanol–water partition coefficient (Wildman–Crippen LogP) is 5.06. The van der Waals surface area contributed by atoms with Crippen LogP contribution in [0.5, 0.6) is 0 Å². The molecule has 1 fully saturated rings. The van der Waals surface area contributed by atoms with Crippen LogP contribution in [0.3, 0.4) is 0 Å². The molecule has 170 valence electrons. The fourth-order valence-corrected chi connectivity index (χ4v) is 5.34. The molecule has 0 amide bonds. The average molecular weight is 465 g/mol. The first-order valence-electron chi connectivity index (χ1n) is 11.4. The van der Waals surface area contributed by atoms with E-state index in [-0.39, 0.29) is 12.5 Å². The summed E-state index contributed by atoms with van der Waals surface area (Å²) in [6.07, 6.45) is 5.16. The Hall–Kier alpha value is -3.08. The van der Waals surface area contributed by atoms with Crippen molar-refractivity contribution in [2.45, 2.75) is 44.6 Å². The lowest BCUT2D eigenvalue weighted by atomic mass is 10.0. The smallest absolute Gasteiger partial charge is 0.304 e. The van der Waals surface area contributed by atoms with Crippen LogP contribution in [0.1, 0.15) is 54.8 Å². The third-order valence-corrected chi connectivity index (χ3v) is 7.03. The third kappa shape index (κ3) is 4.05. The molecular formula is C25H25ClN4O3. The van der Waals surface area contributed by atoms with Crippen LogP contribution < -0.4 is 10.2 Å². The van der Waals surface area contributed by atoms with Gasteiger partial charge >= 0.3 is 5.97 Å². The van der Waals surface area contributed by atoms with Crippen molar-refractivity contribution in [3.8, 4) is 17.5 Å². The number of piperidine rings is 1. The number of carbonyl (C=O) groups is 1. The number of nitrogens with one attached hydrogen (secondary N) is 1. The summed E-state index contributed by atoms with van der Waals surface area (Å²) in [6.45, 7) is 2.35. The second-order valence-corrected chi connectivity index (χ2v) is 9.05. The largest absolute Gasteiger partial charge is 0.481 e. The standard InChI is InChI=1S/C25H25ClN4O3/c26-23-16(5-4-6-21(23)30-11-2-1-3-12-30)25-29-20-13-17-15(18(14-27)24(20)33-25)7-8-19(17)28-10-9-22(31)32/h4-6,13,19,28H,1-3,7-12H2,(H,31,32)/t19-/m1/s1. The maximum absolute atomic E-state index is 10.9. The molecule has 1 aromatic heterocycles. The highest BCUT2D eigenvalue weighted by molar-refractivity contribution is 6.35. The van der Waals surface area contributed by atoms with E-state index in [1.54, 1.807) is 0 Å². The van der Waals surface area contributed by atoms with Crippen molar-refractivity contribution in [3.05, 3.63) is 46.0 Å². The molecule has 1 aliphatic carbocycles. The molecule has 33 heavy (non-hydrogen) atoms. The van der Waals surface area contributed by atoms with Gasteiger partial charge < -0.3 is 19.7 Å². The van der Waals surface area contributed by atoms with E-state index in [9.17, 15) is 10.1 Å². The maximum Gasteiger partial charge on any atom is 0.304 e. The van der Waals surface area contributed by atoms with Crippen LogP contribution in [0, 0.1) is 11.3 Å². The van der Waals surface area contributed by atoms with Gasteiger partial charge in [-0.25, -0.2) is 4.98 Å². The number of halogens is 1. The number of aliphatic carboxylic acids is 1. The number of rotatable bonds is 6. The van der Waals surface area contributed by atoms with Crippen LogP contribution in [-0.2, 0) is 11.2 Å². The Morgan fingerprint density at radius 1 is 1.33 bits per heavy atom. The number of carboxylic acid groups (broad SMARTS) is 1. The molecule has 1 saturated heterocycles. The van der Waals surface area contributed by atoms with Crippen molar-refractivity contribution in [2.24, 2.45) is 0 Å². The second-order valence-electron chi connectivity index (χ2n) is 8.67. The third-order valence-electron chi connectivity index (χ3n) is 6.63. The van der Waals surface area contributed by atoms with Crippen LogP contribution >= 0.6 is 11.6 Å². The number of benzene rings is 2. The fraction of sp³-hybridized carbons (Fsp3) is 0.400. The minimum Gasteiger partial charge on any atom is -0.481 e. The van der Waals surface area contributed by atoms with Crippen molar-refractivity contribution in [1.29, 1.82) is 5.26 Å². The van der Waals surface area contributed by atoms with Crippen molar-refractivity contribution < 1.29 is 14.3 Å². The summed E-state index contributed by atoms with van der Waals surface area (Å²) in [7, 11) is 0. The van der Waals surface area contributed by atoms with E-state index in [0.717, 1.165) is 61.2 Å². The number of fused-ring (bicyclic) bond motifs is 2. The molecule has 0 radical (unpaired) electrons. The summed E-state index contributed by atoms with van der Waals surface area (Å²) in [6, 6.07) is 10.2. The van der Waals surface area contributed by atoms with Gasteiger partial charge in [0.1, 0.15) is 17.1 Å². The molecule has 8 heteroatoms. The van der Waals surface area contributed by atoms with Crippen molar-refractivity contribution in [2.75, 3.05) is 24.5 Å². The number of hydrogen-bond acceptors (Lipinski definition) is 6. The van der Waals surface area contributed by atoms with Gasteiger partial charge in [0, 0.05) is 25.7 Å². The van der Waals surface area contributed by atoms with Gasteiger partial charge in [0.05, 0.1) is 22.7 Å². The van der Waals surface area contributed by atoms with Crippen LogP contribution in [0.25, 0.3) is 22.6 Å². The summed E-state index contributed by atoms with van der Waals surface area (Å²) in [5, 5.41) is 22.8. The Labute approximate surface area is 197 Å². The van der Waals surface area contributed by atoms with E-state index in [0.29, 0.717) is 34.1 Å². The van der Waals surface area contributed by atoms with Crippen molar-refractivity contribution >= 4 is 34.4 Å². The molecule has 7 nitrogen and oxygen atoms in total. The molecule has 0 bridgehead atoms. The SMILES string of the molecule is N#Cc1c2c(cc3nc(-c4cccc(N5CCCCC5)c4Cl)oc13)[C@H](NCCC(=O)O)CC2. The number of aromatic nitrogens is 1. The zero-order valence-corrected chi connectivity index (χ0v) is 19.0. The van der Waals surface area contributed by atoms with E-state index >= 15 is 0 Å². The summed E-state index contributed by atoms with van der Waals surface area (Å²) >= 11 is 6.82. The molecule has 2 N–H and O–H groups in total. The number of nitriles is 1. The highest BCUT2D eigenvalue weighted by atomic mass is 35.5. The average Bonchev–Trinajstić information content (AvgIpc) is 3.42. The van der Waals surface area contributed by atoms with Gasteiger partial charge in [0.25, 0.3) is 0 Å². The Morgan fingerprint density at radius 3 is 2.91 bits per heavy atom. The number of nitrogens with zero attached hydrogens (tertiary/aromatic N) is 3. The molecule has 1 atom stereocenters. The molecular weight excluding hydrogens is 440 g/mol. The summed E-state index contributed by atoms with van der Waals surface area (Å²) in [4.78, 5) is 17.9. The van der Waals surface area contributed by atoms with Gasteiger partial charge in [0.2, 0.25) is 5.89 Å². The minimum atomic E-state index is -0.835. The topological polar surface area (TPSA) is 102 Å².